The normalized spacial score (nSPS) is 16.1. The van der Waals surface area contributed by atoms with Gasteiger partial charge in [0, 0.05) is 24.9 Å². The van der Waals surface area contributed by atoms with Gasteiger partial charge in [-0.2, -0.15) is 0 Å². The molecule has 0 spiro atoms. The van der Waals surface area contributed by atoms with Crippen LogP contribution in [-0.2, 0) is 14.3 Å². The Morgan fingerprint density at radius 1 is 1.03 bits per heavy atom. The van der Waals surface area contributed by atoms with Crippen LogP contribution in [0.5, 0.6) is 0 Å². The molecule has 0 radical (unpaired) electrons. The number of alkyl carbamates (subject to hydrolysis) is 1. The lowest BCUT2D eigenvalue weighted by Gasteiger charge is -2.19. The third-order valence-electron chi connectivity index (χ3n) is 6.80. The Balaban J connectivity index is 1.26. The van der Waals surface area contributed by atoms with Crippen LogP contribution in [0, 0.1) is 11.8 Å². The van der Waals surface area contributed by atoms with Gasteiger partial charge in [-0.1, -0.05) is 68.3 Å². The molecule has 2 aliphatic rings. The lowest BCUT2D eigenvalue weighted by atomic mass is 9.98. The maximum absolute atomic E-state index is 12.5. The van der Waals surface area contributed by atoms with E-state index in [1.54, 1.807) is 0 Å². The molecule has 34 heavy (non-hydrogen) atoms. The highest BCUT2D eigenvalue weighted by Crippen LogP contribution is 2.44. The molecule has 0 aromatic heterocycles. The van der Waals surface area contributed by atoms with E-state index in [4.69, 9.17) is 4.74 Å². The molecule has 2 atom stereocenters. The summed E-state index contributed by atoms with van der Waals surface area (Å²) in [6.45, 7) is 2.21. The number of carbonyl (C=O) groups excluding carboxylic acids is 2. The zero-order valence-electron chi connectivity index (χ0n) is 19.5. The quantitative estimate of drug-likeness (QED) is 0.460. The zero-order chi connectivity index (χ0) is 24.1. The first-order chi connectivity index (χ1) is 16.5. The summed E-state index contributed by atoms with van der Waals surface area (Å²) < 4.78 is 5.57. The largest absolute Gasteiger partial charge is 0.481 e. The first kappa shape index (κ1) is 23.8. The molecule has 4 rings (SSSR count). The van der Waals surface area contributed by atoms with Crippen molar-refractivity contribution in [2.75, 3.05) is 13.2 Å². The van der Waals surface area contributed by atoms with Crippen molar-refractivity contribution in [3.05, 3.63) is 59.7 Å². The maximum atomic E-state index is 12.5. The van der Waals surface area contributed by atoms with Gasteiger partial charge in [0.25, 0.3) is 0 Å². The van der Waals surface area contributed by atoms with Crippen LogP contribution in [0.4, 0.5) is 4.79 Å². The number of hydrogen-bond acceptors (Lipinski definition) is 4. The Kier molecular flexibility index (Phi) is 7.50. The number of carboxylic acid groups (broad SMARTS) is 1. The molecule has 2 unspecified atom stereocenters. The molecule has 2 aromatic rings. The number of carboxylic acids is 1. The van der Waals surface area contributed by atoms with Crippen molar-refractivity contribution in [2.24, 2.45) is 11.8 Å². The number of rotatable bonds is 11. The summed E-state index contributed by atoms with van der Waals surface area (Å²) in [5, 5.41) is 14.9. The smallest absolute Gasteiger partial charge is 0.407 e. The van der Waals surface area contributed by atoms with Gasteiger partial charge in [-0.25, -0.2) is 4.79 Å². The number of fused-ring (bicyclic) bond motifs is 3. The van der Waals surface area contributed by atoms with E-state index in [0.717, 1.165) is 35.1 Å². The standard InChI is InChI=1S/C27H32N2O5/c1-2-19(14-25(30)28-15-18(26(31)32)13-17-11-12-17)29-27(33)34-16-24-22-9-5-3-7-20(22)21-8-4-6-10-23(21)24/h3-10,17-19,24H,2,11-16H2,1H3,(H,28,30)(H,29,33)(H,31,32). The average molecular weight is 465 g/mol. The number of benzene rings is 2. The first-order valence-electron chi connectivity index (χ1n) is 12.1. The van der Waals surface area contributed by atoms with Gasteiger partial charge in [-0.15, -0.1) is 0 Å². The highest BCUT2D eigenvalue weighted by atomic mass is 16.5. The van der Waals surface area contributed by atoms with Crippen LogP contribution in [0.25, 0.3) is 11.1 Å². The lowest BCUT2D eigenvalue weighted by molar-refractivity contribution is -0.142. The third kappa shape index (κ3) is 5.76. The van der Waals surface area contributed by atoms with Crippen molar-refractivity contribution in [2.45, 2.75) is 51.0 Å². The zero-order valence-corrected chi connectivity index (χ0v) is 19.5. The van der Waals surface area contributed by atoms with Gasteiger partial charge in [-0.05, 0) is 41.0 Å². The Morgan fingerprint density at radius 3 is 2.21 bits per heavy atom. The van der Waals surface area contributed by atoms with Crippen molar-refractivity contribution in [1.82, 2.24) is 10.6 Å². The monoisotopic (exact) mass is 464 g/mol. The number of carbonyl (C=O) groups is 3. The van der Waals surface area contributed by atoms with E-state index in [0.29, 0.717) is 18.8 Å². The van der Waals surface area contributed by atoms with E-state index >= 15 is 0 Å². The highest BCUT2D eigenvalue weighted by Gasteiger charge is 2.30. The SMILES string of the molecule is CCC(CC(=O)NCC(CC1CC1)C(=O)O)NC(=O)OCC1c2ccccc2-c2ccccc21. The van der Waals surface area contributed by atoms with E-state index < -0.39 is 18.0 Å². The van der Waals surface area contributed by atoms with Gasteiger partial charge in [-0.3, -0.25) is 9.59 Å². The number of aliphatic carboxylic acids is 1. The summed E-state index contributed by atoms with van der Waals surface area (Å²) in [5.74, 6) is -1.27. The van der Waals surface area contributed by atoms with Crippen molar-refractivity contribution in [1.29, 1.82) is 0 Å². The molecule has 0 heterocycles. The Bertz CT molecular complexity index is 1000. The van der Waals surface area contributed by atoms with Gasteiger partial charge in [0.15, 0.2) is 0 Å². The van der Waals surface area contributed by atoms with Gasteiger partial charge in [0.1, 0.15) is 6.61 Å². The van der Waals surface area contributed by atoms with Crippen LogP contribution in [0.2, 0.25) is 0 Å². The van der Waals surface area contributed by atoms with Crippen molar-refractivity contribution < 1.29 is 24.2 Å². The Morgan fingerprint density at radius 2 is 1.65 bits per heavy atom. The molecule has 2 amide bonds. The molecule has 1 fully saturated rings. The number of ether oxygens (including phenoxy) is 1. The minimum atomic E-state index is -0.879. The van der Waals surface area contributed by atoms with E-state index in [1.165, 1.54) is 0 Å². The molecular formula is C27H32N2O5. The fourth-order valence-corrected chi connectivity index (χ4v) is 4.66. The Hall–Kier alpha value is -3.35. The summed E-state index contributed by atoms with van der Waals surface area (Å²) in [6.07, 6.45) is 2.82. The molecular weight excluding hydrogens is 432 g/mol. The summed E-state index contributed by atoms with van der Waals surface area (Å²) in [4.78, 5) is 36.3. The summed E-state index contributed by atoms with van der Waals surface area (Å²) in [7, 11) is 0. The molecule has 0 aliphatic heterocycles. The number of nitrogens with one attached hydrogen (secondary N) is 2. The number of hydrogen-bond donors (Lipinski definition) is 3. The molecule has 0 bridgehead atoms. The molecule has 0 saturated heterocycles. The lowest BCUT2D eigenvalue weighted by Crippen LogP contribution is -2.41. The van der Waals surface area contributed by atoms with E-state index in [1.807, 2.05) is 31.2 Å². The highest BCUT2D eigenvalue weighted by molar-refractivity contribution is 5.80. The second-order valence-electron chi connectivity index (χ2n) is 9.30. The van der Waals surface area contributed by atoms with E-state index in [2.05, 4.69) is 34.9 Å². The second kappa shape index (κ2) is 10.7. The summed E-state index contributed by atoms with van der Waals surface area (Å²) in [6, 6.07) is 15.9. The second-order valence-corrected chi connectivity index (χ2v) is 9.30. The molecule has 2 aliphatic carbocycles. The van der Waals surface area contributed by atoms with Gasteiger partial charge < -0.3 is 20.5 Å². The van der Waals surface area contributed by atoms with Gasteiger partial charge >= 0.3 is 12.1 Å². The molecule has 1 saturated carbocycles. The van der Waals surface area contributed by atoms with E-state index in [-0.39, 0.29) is 37.4 Å². The fraction of sp³-hybridized carbons (Fsp3) is 0.444. The summed E-state index contributed by atoms with van der Waals surface area (Å²) >= 11 is 0. The average Bonchev–Trinajstić information content (AvgIpc) is 3.60. The van der Waals surface area contributed by atoms with Crippen LogP contribution in [-0.4, -0.2) is 42.3 Å². The van der Waals surface area contributed by atoms with Crippen LogP contribution >= 0.6 is 0 Å². The minimum absolute atomic E-state index is 0.0269. The maximum Gasteiger partial charge on any atom is 0.407 e. The topological polar surface area (TPSA) is 105 Å². The predicted octanol–water partition coefficient (Wildman–Crippen LogP) is 4.31. The van der Waals surface area contributed by atoms with Gasteiger partial charge in [0.2, 0.25) is 5.91 Å². The minimum Gasteiger partial charge on any atom is -0.481 e. The molecule has 7 nitrogen and oxygen atoms in total. The van der Waals surface area contributed by atoms with Crippen LogP contribution in [0.15, 0.2) is 48.5 Å². The van der Waals surface area contributed by atoms with Crippen LogP contribution < -0.4 is 10.6 Å². The molecule has 180 valence electrons. The van der Waals surface area contributed by atoms with Crippen LogP contribution in [0.3, 0.4) is 0 Å². The Labute approximate surface area is 199 Å². The summed E-state index contributed by atoms with van der Waals surface area (Å²) in [5.41, 5.74) is 4.61. The number of amides is 2. The molecule has 7 heteroatoms. The molecule has 2 aromatic carbocycles. The predicted molar refractivity (Wildman–Crippen MR) is 128 cm³/mol. The van der Waals surface area contributed by atoms with Crippen molar-refractivity contribution in [3.63, 3.8) is 0 Å². The van der Waals surface area contributed by atoms with Gasteiger partial charge in [0.05, 0.1) is 5.92 Å². The molecule has 3 N–H and O–H groups in total. The first-order valence-corrected chi connectivity index (χ1v) is 12.1. The van der Waals surface area contributed by atoms with E-state index in [9.17, 15) is 19.5 Å². The van der Waals surface area contributed by atoms with Crippen molar-refractivity contribution in [3.8, 4) is 11.1 Å². The fourth-order valence-electron chi connectivity index (χ4n) is 4.66. The van der Waals surface area contributed by atoms with Crippen LogP contribution in [0.1, 0.15) is 56.1 Å². The third-order valence-corrected chi connectivity index (χ3v) is 6.80. The van der Waals surface area contributed by atoms with Crippen molar-refractivity contribution >= 4 is 18.0 Å².